The highest BCUT2D eigenvalue weighted by Crippen LogP contribution is 2.30. The van der Waals surface area contributed by atoms with Crippen LogP contribution >= 0.6 is 11.6 Å². The van der Waals surface area contributed by atoms with E-state index in [9.17, 15) is 0 Å². The van der Waals surface area contributed by atoms with Crippen molar-refractivity contribution in [3.05, 3.63) is 53.3 Å². The van der Waals surface area contributed by atoms with Gasteiger partial charge >= 0.3 is 0 Å². The van der Waals surface area contributed by atoms with E-state index in [1.165, 1.54) is 0 Å². The van der Waals surface area contributed by atoms with Crippen LogP contribution in [0, 0.1) is 12.8 Å². The molecule has 0 saturated heterocycles. The number of benzene rings is 1. The van der Waals surface area contributed by atoms with Crippen LogP contribution in [0.2, 0.25) is 5.02 Å². The number of hydrogen-bond donors (Lipinski definition) is 1. The largest absolute Gasteiger partial charge is 0.491 e. The molecule has 0 aliphatic heterocycles. The summed E-state index contributed by atoms with van der Waals surface area (Å²) < 4.78 is 5.99. The van der Waals surface area contributed by atoms with Crippen LogP contribution < -0.4 is 10.5 Å². The molecule has 5 heteroatoms. The van der Waals surface area contributed by atoms with Crippen molar-refractivity contribution in [1.82, 2.24) is 9.97 Å². The Balaban J connectivity index is 1.82. The predicted octanol–water partition coefficient (Wildman–Crippen LogP) is 5.40. The SMILES string of the molecule is Cc1cc(-c2ccnc3ccc(Cl)cc23)ncc1OCC(C)CC(C)(C)N. The molecule has 1 aromatic carbocycles. The van der Waals surface area contributed by atoms with Crippen molar-refractivity contribution in [3.63, 3.8) is 0 Å². The van der Waals surface area contributed by atoms with Crippen molar-refractivity contribution in [2.75, 3.05) is 6.61 Å². The monoisotopic (exact) mass is 383 g/mol. The number of nitrogens with zero attached hydrogens (tertiary/aromatic N) is 2. The maximum Gasteiger partial charge on any atom is 0.140 e. The van der Waals surface area contributed by atoms with Gasteiger partial charge < -0.3 is 10.5 Å². The zero-order valence-electron chi connectivity index (χ0n) is 16.3. The molecule has 142 valence electrons. The average molecular weight is 384 g/mol. The lowest BCUT2D eigenvalue weighted by Gasteiger charge is -2.23. The summed E-state index contributed by atoms with van der Waals surface area (Å²) in [6.07, 6.45) is 4.49. The lowest BCUT2D eigenvalue weighted by atomic mass is 9.93. The van der Waals surface area contributed by atoms with Gasteiger partial charge in [-0.2, -0.15) is 0 Å². The second-order valence-corrected chi connectivity index (χ2v) is 8.40. The van der Waals surface area contributed by atoms with E-state index in [1.54, 1.807) is 12.4 Å². The molecule has 0 aliphatic rings. The fraction of sp³-hybridized carbons (Fsp3) is 0.364. The molecule has 0 aliphatic carbocycles. The Morgan fingerprint density at radius 3 is 2.67 bits per heavy atom. The van der Waals surface area contributed by atoms with Gasteiger partial charge in [-0.15, -0.1) is 0 Å². The molecule has 2 aromatic heterocycles. The quantitative estimate of drug-likeness (QED) is 0.618. The van der Waals surface area contributed by atoms with Crippen LogP contribution in [0.5, 0.6) is 5.75 Å². The first-order valence-corrected chi connectivity index (χ1v) is 9.54. The number of aryl methyl sites for hydroxylation is 1. The van der Waals surface area contributed by atoms with Crippen LogP contribution in [0.1, 0.15) is 32.8 Å². The van der Waals surface area contributed by atoms with Crippen LogP contribution in [0.15, 0.2) is 42.7 Å². The van der Waals surface area contributed by atoms with E-state index >= 15 is 0 Å². The highest BCUT2D eigenvalue weighted by molar-refractivity contribution is 6.31. The topological polar surface area (TPSA) is 61.0 Å². The Hall–Kier alpha value is -2.17. The Morgan fingerprint density at radius 2 is 1.96 bits per heavy atom. The molecule has 1 unspecified atom stereocenters. The summed E-state index contributed by atoms with van der Waals surface area (Å²) in [5.41, 5.74) is 9.74. The van der Waals surface area contributed by atoms with Crippen molar-refractivity contribution in [2.45, 2.75) is 39.7 Å². The molecule has 27 heavy (non-hydrogen) atoms. The third-order valence-electron chi connectivity index (χ3n) is 4.44. The molecular formula is C22H26ClN3O. The van der Waals surface area contributed by atoms with Gasteiger partial charge in [0.05, 0.1) is 24.0 Å². The van der Waals surface area contributed by atoms with Gasteiger partial charge in [0.15, 0.2) is 0 Å². The van der Waals surface area contributed by atoms with Gasteiger partial charge in [-0.3, -0.25) is 9.97 Å². The van der Waals surface area contributed by atoms with Crippen molar-refractivity contribution in [3.8, 4) is 17.0 Å². The number of aromatic nitrogens is 2. The molecule has 1 atom stereocenters. The van der Waals surface area contributed by atoms with Gasteiger partial charge in [0.1, 0.15) is 5.75 Å². The third-order valence-corrected chi connectivity index (χ3v) is 4.68. The molecule has 0 amide bonds. The summed E-state index contributed by atoms with van der Waals surface area (Å²) in [7, 11) is 0. The average Bonchev–Trinajstić information content (AvgIpc) is 2.58. The van der Waals surface area contributed by atoms with E-state index < -0.39 is 0 Å². The molecule has 0 saturated carbocycles. The van der Waals surface area contributed by atoms with Gasteiger partial charge in [0.25, 0.3) is 0 Å². The minimum absolute atomic E-state index is 0.191. The van der Waals surface area contributed by atoms with Crippen molar-refractivity contribution in [2.24, 2.45) is 11.7 Å². The number of halogens is 1. The van der Waals surface area contributed by atoms with Crippen LogP contribution in [0.4, 0.5) is 0 Å². The number of ether oxygens (including phenoxy) is 1. The summed E-state index contributed by atoms with van der Waals surface area (Å²) in [5.74, 6) is 1.17. The van der Waals surface area contributed by atoms with E-state index in [1.807, 2.05) is 51.1 Å². The minimum Gasteiger partial charge on any atom is -0.491 e. The van der Waals surface area contributed by atoms with E-state index in [2.05, 4.69) is 16.9 Å². The van der Waals surface area contributed by atoms with Crippen molar-refractivity contribution in [1.29, 1.82) is 0 Å². The molecule has 3 rings (SSSR count). The minimum atomic E-state index is -0.191. The van der Waals surface area contributed by atoms with Crippen molar-refractivity contribution < 1.29 is 4.74 Å². The molecule has 3 aromatic rings. The maximum absolute atomic E-state index is 6.17. The molecule has 2 heterocycles. The van der Waals surface area contributed by atoms with Gasteiger partial charge in [-0.25, -0.2) is 0 Å². The zero-order valence-corrected chi connectivity index (χ0v) is 17.0. The summed E-state index contributed by atoms with van der Waals surface area (Å²) in [6.45, 7) is 8.88. The molecule has 0 spiro atoms. The second-order valence-electron chi connectivity index (χ2n) is 7.96. The first kappa shape index (κ1) is 19.6. The van der Waals surface area contributed by atoms with Crippen LogP contribution in [-0.4, -0.2) is 22.1 Å². The second kappa shape index (κ2) is 7.83. The van der Waals surface area contributed by atoms with Crippen LogP contribution in [0.3, 0.4) is 0 Å². The number of hydrogen-bond acceptors (Lipinski definition) is 4. The van der Waals surface area contributed by atoms with E-state index in [0.717, 1.165) is 39.9 Å². The number of pyridine rings is 2. The Bertz CT molecular complexity index is 950. The Morgan fingerprint density at radius 1 is 1.19 bits per heavy atom. The molecule has 4 nitrogen and oxygen atoms in total. The molecular weight excluding hydrogens is 358 g/mol. The zero-order chi connectivity index (χ0) is 19.6. The number of fused-ring (bicyclic) bond motifs is 1. The molecule has 0 fully saturated rings. The van der Waals surface area contributed by atoms with Gasteiger partial charge in [-0.1, -0.05) is 18.5 Å². The van der Waals surface area contributed by atoms with Gasteiger partial charge in [-0.05, 0) is 69.0 Å². The Kier molecular flexibility index (Phi) is 5.68. The summed E-state index contributed by atoms with van der Waals surface area (Å²) >= 11 is 6.17. The first-order valence-electron chi connectivity index (χ1n) is 9.16. The number of rotatable bonds is 6. The lowest BCUT2D eigenvalue weighted by molar-refractivity contribution is 0.227. The smallest absolute Gasteiger partial charge is 0.140 e. The molecule has 2 N–H and O–H groups in total. The highest BCUT2D eigenvalue weighted by atomic mass is 35.5. The Labute approximate surface area is 165 Å². The van der Waals surface area contributed by atoms with Gasteiger partial charge in [0.2, 0.25) is 0 Å². The van der Waals surface area contributed by atoms with Crippen molar-refractivity contribution >= 4 is 22.5 Å². The molecule has 0 radical (unpaired) electrons. The summed E-state index contributed by atoms with van der Waals surface area (Å²) in [5, 5.41) is 1.68. The maximum atomic E-state index is 6.17. The van der Waals surface area contributed by atoms with Crippen LogP contribution in [-0.2, 0) is 0 Å². The van der Waals surface area contributed by atoms with E-state index in [-0.39, 0.29) is 5.54 Å². The fourth-order valence-corrected chi connectivity index (χ4v) is 3.54. The fourth-order valence-electron chi connectivity index (χ4n) is 3.37. The normalized spacial score (nSPS) is 13.0. The predicted molar refractivity (Wildman–Crippen MR) is 112 cm³/mol. The van der Waals surface area contributed by atoms with Crippen LogP contribution in [0.25, 0.3) is 22.2 Å². The third kappa shape index (κ3) is 4.96. The lowest BCUT2D eigenvalue weighted by Crippen LogP contribution is -2.35. The highest BCUT2D eigenvalue weighted by Gasteiger charge is 2.17. The standard InChI is InChI=1S/C22H26ClN3O/c1-14(11-22(3,4)24)13-27-21-12-26-20(9-15(21)2)17-7-8-25-19-6-5-16(23)10-18(17)19/h5-10,12,14H,11,13,24H2,1-4H3. The first-order chi connectivity index (χ1) is 12.7. The van der Waals surface area contributed by atoms with E-state index in [4.69, 9.17) is 22.1 Å². The van der Waals surface area contributed by atoms with E-state index in [0.29, 0.717) is 17.5 Å². The summed E-state index contributed by atoms with van der Waals surface area (Å²) in [6, 6.07) is 9.71. The summed E-state index contributed by atoms with van der Waals surface area (Å²) in [4.78, 5) is 9.03. The molecule has 0 bridgehead atoms. The van der Waals surface area contributed by atoms with Gasteiger partial charge in [0, 0.05) is 27.7 Å². The number of nitrogens with two attached hydrogens (primary N) is 1.